The van der Waals surface area contributed by atoms with E-state index < -0.39 is 47.1 Å². The smallest absolute Gasteiger partial charge is 0.417 e. The van der Waals surface area contributed by atoms with Gasteiger partial charge in [-0.25, -0.2) is 9.48 Å². The van der Waals surface area contributed by atoms with Crippen LogP contribution >= 0.6 is 0 Å². The molecule has 47 heavy (non-hydrogen) atoms. The predicted octanol–water partition coefficient (Wildman–Crippen LogP) is 8.08. The van der Waals surface area contributed by atoms with Crippen molar-refractivity contribution in [2.45, 2.75) is 44.7 Å². The topological polar surface area (TPSA) is 105 Å². The van der Waals surface area contributed by atoms with Crippen molar-refractivity contribution in [1.82, 2.24) is 24.5 Å². The van der Waals surface area contributed by atoms with Gasteiger partial charge in [0.25, 0.3) is 5.91 Å². The zero-order valence-corrected chi connectivity index (χ0v) is 25.4. The first-order chi connectivity index (χ1) is 21.9. The lowest BCUT2D eigenvalue weighted by molar-refractivity contribution is -0.191. The highest BCUT2D eigenvalue weighted by molar-refractivity contribution is 6.09. The minimum Gasteiger partial charge on any atom is -0.465 e. The van der Waals surface area contributed by atoms with Crippen LogP contribution in [0.1, 0.15) is 48.3 Å². The van der Waals surface area contributed by atoms with E-state index in [4.69, 9.17) is 0 Å². The molecule has 0 saturated carbocycles. The Bertz CT molecular complexity index is 1960. The highest BCUT2D eigenvalue weighted by Crippen LogP contribution is 2.43. The van der Waals surface area contributed by atoms with Crippen LogP contribution < -0.4 is 5.32 Å². The summed E-state index contributed by atoms with van der Waals surface area (Å²) in [7, 11) is 1.54. The first-order valence-electron chi connectivity index (χ1n) is 14.1. The summed E-state index contributed by atoms with van der Waals surface area (Å²) >= 11 is 0. The number of amides is 2. The van der Waals surface area contributed by atoms with Gasteiger partial charge in [0, 0.05) is 35.3 Å². The molecule has 0 saturated heterocycles. The first-order valence-corrected chi connectivity index (χ1v) is 14.1. The molecular formula is C32H28F6N6O3. The van der Waals surface area contributed by atoms with Crippen LogP contribution in [0.3, 0.4) is 0 Å². The van der Waals surface area contributed by atoms with Crippen LogP contribution in [0.2, 0.25) is 0 Å². The summed E-state index contributed by atoms with van der Waals surface area (Å²) in [6.45, 7) is 4.03. The molecule has 5 aromatic rings. The van der Waals surface area contributed by atoms with Crippen molar-refractivity contribution in [3.63, 3.8) is 0 Å². The van der Waals surface area contributed by atoms with Gasteiger partial charge in [-0.15, -0.1) is 0 Å². The molecule has 1 atom stereocenters. The third kappa shape index (κ3) is 6.64. The van der Waals surface area contributed by atoms with Crippen LogP contribution in [0, 0.1) is 0 Å². The maximum atomic E-state index is 14.5. The lowest BCUT2D eigenvalue weighted by Crippen LogP contribution is -2.51. The molecule has 2 heterocycles. The van der Waals surface area contributed by atoms with E-state index >= 15 is 0 Å². The number of nitrogens with one attached hydrogen (secondary N) is 1. The number of rotatable bonds is 6. The normalized spacial score (nSPS) is 13.1. The molecule has 0 fully saturated rings. The van der Waals surface area contributed by atoms with Gasteiger partial charge in [0.1, 0.15) is 5.82 Å². The summed E-state index contributed by atoms with van der Waals surface area (Å²) in [6, 6.07) is 13.5. The third-order valence-corrected chi connectivity index (χ3v) is 7.32. The largest absolute Gasteiger partial charge is 0.465 e. The van der Waals surface area contributed by atoms with Gasteiger partial charge in [-0.1, -0.05) is 24.3 Å². The van der Waals surface area contributed by atoms with Crippen LogP contribution in [-0.2, 0) is 13.2 Å². The van der Waals surface area contributed by atoms with Gasteiger partial charge < -0.3 is 10.4 Å². The second-order valence-electron chi connectivity index (χ2n) is 11.7. The number of nitrogens with zero attached hydrogens (tertiary/aromatic N) is 5. The molecule has 2 N–H and O–H groups in total. The van der Waals surface area contributed by atoms with E-state index in [2.05, 4.69) is 15.5 Å². The molecule has 2 amide bonds. The van der Waals surface area contributed by atoms with Gasteiger partial charge in [-0.05, 0) is 74.9 Å². The zero-order chi connectivity index (χ0) is 34.5. The first kappa shape index (κ1) is 33.0. The highest BCUT2D eigenvalue weighted by Gasteiger charge is 2.50. The maximum Gasteiger partial charge on any atom is 0.417 e. The summed E-state index contributed by atoms with van der Waals surface area (Å²) in [6.07, 6.45) is -10.0. The zero-order valence-electron chi connectivity index (χ0n) is 25.4. The number of carboxylic acid groups (broad SMARTS) is 1. The lowest BCUT2D eigenvalue weighted by Gasteiger charge is -2.40. The predicted molar refractivity (Wildman–Crippen MR) is 161 cm³/mol. The Labute approximate surface area is 264 Å². The summed E-state index contributed by atoms with van der Waals surface area (Å²) in [5.74, 6) is -0.798. The molecule has 15 heteroatoms. The Hall–Kier alpha value is -5.34. The van der Waals surface area contributed by atoms with Crippen LogP contribution in [0.15, 0.2) is 79.0 Å². The van der Waals surface area contributed by atoms with Gasteiger partial charge in [-0.3, -0.25) is 14.4 Å². The minimum atomic E-state index is -4.99. The summed E-state index contributed by atoms with van der Waals surface area (Å²) in [5.41, 5.74) is -2.90. The Morgan fingerprint density at radius 1 is 0.894 bits per heavy atom. The van der Waals surface area contributed by atoms with Gasteiger partial charge in [0.05, 0.1) is 22.5 Å². The van der Waals surface area contributed by atoms with E-state index in [9.17, 15) is 41.0 Å². The number of hydrogen-bond donors (Lipinski definition) is 2. The van der Waals surface area contributed by atoms with Crippen molar-refractivity contribution in [2.75, 3.05) is 5.32 Å². The Kier molecular flexibility index (Phi) is 8.29. The van der Waals surface area contributed by atoms with Crippen molar-refractivity contribution < 1.29 is 41.0 Å². The fraction of sp³-hybridized carbons (Fsp3) is 0.250. The quantitative estimate of drug-likeness (QED) is 0.180. The third-order valence-electron chi connectivity index (χ3n) is 7.32. The van der Waals surface area contributed by atoms with E-state index in [1.807, 2.05) is 0 Å². The number of carbonyl (C=O) groups is 2. The molecule has 246 valence electrons. The number of benzene rings is 3. The number of aromatic nitrogens is 4. The van der Waals surface area contributed by atoms with Crippen LogP contribution in [-0.4, -0.2) is 53.3 Å². The van der Waals surface area contributed by atoms with Gasteiger partial charge in [0.15, 0.2) is 6.04 Å². The molecule has 5 rings (SSSR count). The van der Waals surface area contributed by atoms with Crippen molar-refractivity contribution in [1.29, 1.82) is 0 Å². The standard InChI is InChI=1S/C32H28F6N6O3/c1-30(2,3)43(29(46)47)26(32(36,37)38)18-10-12-21-25(17-18)41-44(20-8-6-5-7-9-20)27(21)39-28(45)19-11-13-23(31(33,34)35)22(16-19)24-14-15-42(4)40-24/h5-17,26H,1-4H3,(H,39,45)(H,46,47). The number of halogens is 6. The number of para-hydroxylation sites is 1. The van der Waals surface area contributed by atoms with E-state index in [1.165, 1.54) is 55.5 Å². The van der Waals surface area contributed by atoms with Gasteiger partial charge in [-0.2, -0.15) is 36.5 Å². The second-order valence-corrected chi connectivity index (χ2v) is 11.7. The molecular weight excluding hydrogens is 630 g/mol. The van der Waals surface area contributed by atoms with Crippen molar-refractivity contribution >= 4 is 28.7 Å². The number of aryl methyl sites for hydroxylation is 1. The molecule has 0 aliphatic carbocycles. The average Bonchev–Trinajstić information content (AvgIpc) is 3.57. The summed E-state index contributed by atoms with van der Waals surface area (Å²) < 4.78 is 87.5. The number of alkyl halides is 6. The highest BCUT2D eigenvalue weighted by atomic mass is 19.4. The Morgan fingerprint density at radius 2 is 1.57 bits per heavy atom. The molecule has 0 spiro atoms. The molecule has 0 bridgehead atoms. The Balaban J connectivity index is 1.63. The van der Waals surface area contributed by atoms with Crippen molar-refractivity contribution in [3.05, 3.63) is 95.7 Å². The molecule has 0 aliphatic heterocycles. The van der Waals surface area contributed by atoms with Crippen LogP contribution in [0.4, 0.5) is 37.0 Å². The number of anilines is 1. The molecule has 1 unspecified atom stereocenters. The fourth-order valence-electron chi connectivity index (χ4n) is 5.30. The number of fused-ring (bicyclic) bond motifs is 1. The summed E-state index contributed by atoms with van der Waals surface area (Å²) in [4.78, 5) is 26.0. The minimum absolute atomic E-state index is 0.00301. The SMILES string of the molecule is Cn1ccc(-c2cc(C(=O)Nc3c4ccc(C(N(C(=O)O)C(C)(C)C)C(F)(F)F)cc4nn3-c3ccccc3)ccc2C(F)(F)F)n1. The number of carbonyl (C=O) groups excluding carboxylic acids is 1. The summed E-state index contributed by atoms with van der Waals surface area (Å²) in [5, 5.41) is 21.1. The molecule has 3 aromatic carbocycles. The van der Waals surface area contributed by atoms with E-state index in [0.29, 0.717) is 10.6 Å². The van der Waals surface area contributed by atoms with Gasteiger partial charge in [0.2, 0.25) is 0 Å². The van der Waals surface area contributed by atoms with Crippen molar-refractivity contribution in [2.24, 2.45) is 7.05 Å². The lowest BCUT2D eigenvalue weighted by atomic mass is 9.97. The monoisotopic (exact) mass is 658 g/mol. The van der Waals surface area contributed by atoms with Crippen LogP contribution in [0.5, 0.6) is 0 Å². The maximum absolute atomic E-state index is 14.5. The average molecular weight is 659 g/mol. The van der Waals surface area contributed by atoms with Crippen molar-refractivity contribution in [3.8, 4) is 16.9 Å². The molecule has 2 aromatic heterocycles. The van der Waals surface area contributed by atoms with Gasteiger partial charge >= 0.3 is 18.4 Å². The Morgan fingerprint density at radius 3 is 2.13 bits per heavy atom. The molecule has 0 radical (unpaired) electrons. The fourth-order valence-corrected chi connectivity index (χ4v) is 5.30. The van der Waals surface area contributed by atoms with E-state index in [0.717, 1.165) is 30.3 Å². The van der Waals surface area contributed by atoms with E-state index in [-0.39, 0.29) is 33.5 Å². The van der Waals surface area contributed by atoms with E-state index in [1.54, 1.807) is 30.3 Å². The van der Waals surface area contributed by atoms with Crippen LogP contribution in [0.25, 0.3) is 27.8 Å². The molecule has 0 aliphatic rings. The second kappa shape index (κ2) is 11.8. The molecule has 9 nitrogen and oxygen atoms in total. The number of hydrogen-bond acceptors (Lipinski definition) is 4.